The van der Waals surface area contributed by atoms with Gasteiger partial charge in [0.2, 0.25) is 5.88 Å². The molecule has 26 heavy (non-hydrogen) atoms. The molecule has 2 heterocycles. The van der Waals surface area contributed by atoms with Gasteiger partial charge in [0.15, 0.2) is 5.96 Å². The topological polar surface area (TPSA) is 76.1 Å². The third-order valence-electron chi connectivity index (χ3n) is 4.19. The van der Waals surface area contributed by atoms with E-state index < -0.39 is 0 Å². The Kier molecular flexibility index (Phi) is 10.3. The maximum atomic E-state index is 11.9. The van der Waals surface area contributed by atoms with Crippen LogP contribution in [0.1, 0.15) is 32.3 Å². The number of esters is 1. The summed E-state index contributed by atoms with van der Waals surface area (Å²) in [7, 11) is 1.61. The summed E-state index contributed by atoms with van der Waals surface area (Å²) in [6, 6.07) is 3.84. The van der Waals surface area contributed by atoms with Crippen molar-refractivity contribution in [1.29, 1.82) is 0 Å². The highest BCUT2D eigenvalue weighted by molar-refractivity contribution is 14.0. The number of methoxy groups -OCH3 is 1. The molecule has 0 spiro atoms. The first-order valence-corrected chi connectivity index (χ1v) is 8.87. The van der Waals surface area contributed by atoms with Gasteiger partial charge in [-0.05, 0) is 32.8 Å². The summed E-state index contributed by atoms with van der Waals surface area (Å²) in [5.41, 5.74) is 0.946. The number of halogens is 1. The molecule has 1 aliphatic rings. The number of carbonyl (C=O) groups excluding carboxylic acids is 1. The monoisotopic (exact) mass is 476 g/mol. The van der Waals surface area contributed by atoms with Crippen molar-refractivity contribution in [3.63, 3.8) is 0 Å². The van der Waals surface area contributed by atoms with Gasteiger partial charge in [0.25, 0.3) is 0 Å². The highest BCUT2D eigenvalue weighted by Crippen LogP contribution is 2.19. The van der Waals surface area contributed by atoms with E-state index in [0.717, 1.165) is 44.0 Å². The lowest BCUT2D eigenvalue weighted by molar-refractivity contribution is -0.149. The molecule has 1 aromatic rings. The first-order chi connectivity index (χ1) is 12.2. The molecule has 2 rings (SSSR count). The molecule has 1 fully saturated rings. The van der Waals surface area contributed by atoms with Crippen molar-refractivity contribution in [2.24, 2.45) is 10.9 Å². The van der Waals surface area contributed by atoms with E-state index in [2.05, 4.69) is 15.2 Å². The zero-order valence-corrected chi connectivity index (χ0v) is 18.1. The molecule has 7 nitrogen and oxygen atoms in total. The first-order valence-electron chi connectivity index (χ1n) is 8.87. The summed E-state index contributed by atoms with van der Waals surface area (Å²) in [4.78, 5) is 23.0. The van der Waals surface area contributed by atoms with Crippen molar-refractivity contribution >= 4 is 35.9 Å². The summed E-state index contributed by atoms with van der Waals surface area (Å²) in [5, 5.41) is 3.33. The maximum absolute atomic E-state index is 11.9. The Labute approximate surface area is 172 Å². The van der Waals surface area contributed by atoms with Crippen LogP contribution in [0.4, 0.5) is 0 Å². The second kappa shape index (κ2) is 11.9. The minimum atomic E-state index is -0.0795. The molecule has 0 unspecified atom stereocenters. The highest BCUT2D eigenvalue weighted by atomic mass is 127. The number of guanidine groups is 1. The highest BCUT2D eigenvalue weighted by Gasteiger charge is 2.27. The molecule has 0 aromatic carbocycles. The number of rotatable bonds is 6. The van der Waals surface area contributed by atoms with Gasteiger partial charge >= 0.3 is 5.97 Å². The molecular weight excluding hydrogens is 447 g/mol. The van der Waals surface area contributed by atoms with Crippen LogP contribution < -0.4 is 10.1 Å². The lowest BCUT2D eigenvalue weighted by Crippen LogP contribution is -2.46. The molecule has 0 bridgehead atoms. The third kappa shape index (κ3) is 6.30. The molecule has 0 radical (unpaired) electrons. The number of pyridine rings is 1. The number of likely N-dealkylation sites (tertiary alicyclic amines) is 1. The van der Waals surface area contributed by atoms with Crippen molar-refractivity contribution in [2.75, 3.05) is 33.4 Å². The minimum absolute atomic E-state index is 0. The Morgan fingerprint density at radius 3 is 2.73 bits per heavy atom. The van der Waals surface area contributed by atoms with Gasteiger partial charge in [0, 0.05) is 31.4 Å². The van der Waals surface area contributed by atoms with Gasteiger partial charge < -0.3 is 19.7 Å². The quantitative estimate of drug-likeness (QED) is 0.294. The largest absolute Gasteiger partial charge is 0.481 e. The minimum Gasteiger partial charge on any atom is -0.481 e. The fourth-order valence-corrected chi connectivity index (χ4v) is 2.90. The molecule has 146 valence electrons. The molecular formula is C18H29IN4O3. The molecule has 1 N–H and O–H groups in total. The molecule has 0 saturated carbocycles. The van der Waals surface area contributed by atoms with Crippen LogP contribution in [0.25, 0.3) is 0 Å². The Balaban J connectivity index is 0.00000338. The fraction of sp³-hybridized carbons (Fsp3) is 0.611. The molecule has 0 amide bonds. The molecule has 8 heteroatoms. The van der Waals surface area contributed by atoms with Crippen LogP contribution in [-0.4, -0.2) is 55.2 Å². The maximum Gasteiger partial charge on any atom is 0.309 e. The standard InChI is InChI=1S/C18H28N4O3.HI/c1-4-19-18(21-13-15-7-6-10-20-16(15)24-3)22-11-8-14(9-12-22)17(23)25-5-2;/h6-7,10,14H,4-5,8-9,11-13H2,1-3H3,(H,19,21);1H. The number of carbonyl (C=O) groups is 1. The van der Waals surface area contributed by atoms with E-state index in [-0.39, 0.29) is 35.9 Å². The first kappa shape index (κ1) is 22.5. The number of aromatic nitrogens is 1. The van der Waals surface area contributed by atoms with Gasteiger partial charge in [-0.3, -0.25) is 4.79 Å². The summed E-state index contributed by atoms with van der Waals surface area (Å²) < 4.78 is 10.4. The van der Waals surface area contributed by atoms with Crippen molar-refractivity contribution in [3.8, 4) is 5.88 Å². The Morgan fingerprint density at radius 1 is 1.38 bits per heavy atom. The van der Waals surface area contributed by atoms with Gasteiger partial charge in [0.05, 0.1) is 26.2 Å². The molecule has 0 atom stereocenters. The van der Waals surface area contributed by atoms with E-state index in [9.17, 15) is 4.79 Å². The number of hydrogen-bond donors (Lipinski definition) is 1. The van der Waals surface area contributed by atoms with Gasteiger partial charge in [-0.1, -0.05) is 6.07 Å². The average molecular weight is 476 g/mol. The lowest BCUT2D eigenvalue weighted by Gasteiger charge is -2.33. The zero-order valence-electron chi connectivity index (χ0n) is 15.7. The van der Waals surface area contributed by atoms with E-state index in [1.54, 1.807) is 13.3 Å². The van der Waals surface area contributed by atoms with Crippen LogP contribution in [0, 0.1) is 5.92 Å². The normalized spacial score (nSPS) is 15.2. The van der Waals surface area contributed by atoms with Crippen LogP contribution >= 0.6 is 24.0 Å². The van der Waals surface area contributed by atoms with Gasteiger partial charge in [-0.15, -0.1) is 24.0 Å². The predicted octanol–water partition coefficient (Wildman–Crippen LogP) is 2.45. The van der Waals surface area contributed by atoms with Gasteiger partial charge in [-0.25, -0.2) is 9.98 Å². The Bertz CT molecular complexity index is 590. The van der Waals surface area contributed by atoms with E-state index in [4.69, 9.17) is 14.5 Å². The average Bonchev–Trinajstić information content (AvgIpc) is 2.65. The van der Waals surface area contributed by atoms with Crippen LogP contribution in [0.2, 0.25) is 0 Å². The fourth-order valence-electron chi connectivity index (χ4n) is 2.90. The molecule has 1 saturated heterocycles. The van der Waals surface area contributed by atoms with E-state index >= 15 is 0 Å². The number of nitrogens with zero attached hydrogens (tertiary/aromatic N) is 3. The Hall–Kier alpha value is -1.58. The van der Waals surface area contributed by atoms with E-state index in [0.29, 0.717) is 19.0 Å². The van der Waals surface area contributed by atoms with E-state index in [1.807, 2.05) is 26.0 Å². The Morgan fingerprint density at radius 2 is 2.12 bits per heavy atom. The number of ether oxygens (including phenoxy) is 2. The summed E-state index contributed by atoms with van der Waals surface area (Å²) >= 11 is 0. The van der Waals surface area contributed by atoms with E-state index in [1.165, 1.54) is 0 Å². The number of nitrogens with one attached hydrogen (secondary N) is 1. The SMILES string of the molecule is CCNC(=NCc1cccnc1OC)N1CCC(C(=O)OCC)CC1.I. The summed E-state index contributed by atoms with van der Waals surface area (Å²) in [6.07, 6.45) is 3.29. The van der Waals surface area contributed by atoms with Crippen molar-refractivity contribution in [3.05, 3.63) is 23.9 Å². The molecule has 0 aliphatic carbocycles. The summed E-state index contributed by atoms with van der Waals surface area (Å²) in [5.74, 6) is 1.38. The molecule has 1 aromatic heterocycles. The van der Waals surface area contributed by atoms with Crippen LogP contribution in [0.15, 0.2) is 23.3 Å². The third-order valence-corrected chi connectivity index (χ3v) is 4.19. The summed E-state index contributed by atoms with van der Waals surface area (Å²) in [6.45, 7) is 7.20. The van der Waals surface area contributed by atoms with Crippen LogP contribution in [0.5, 0.6) is 5.88 Å². The second-order valence-corrected chi connectivity index (χ2v) is 5.86. The van der Waals surface area contributed by atoms with Gasteiger partial charge in [0.1, 0.15) is 0 Å². The molecule has 1 aliphatic heterocycles. The van der Waals surface area contributed by atoms with Crippen molar-refractivity contribution in [1.82, 2.24) is 15.2 Å². The lowest BCUT2D eigenvalue weighted by atomic mass is 9.97. The van der Waals surface area contributed by atoms with Gasteiger partial charge in [-0.2, -0.15) is 0 Å². The van der Waals surface area contributed by atoms with Crippen molar-refractivity contribution < 1.29 is 14.3 Å². The number of piperidine rings is 1. The smallest absolute Gasteiger partial charge is 0.309 e. The van der Waals surface area contributed by atoms with Crippen molar-refractivity contribution in [2.45, 2.75) is 33.2 Å². The van der Waals surface area contributed by atoms with Crippen LogP contribution in [-0.2, 0) is 16.1 Å². The predicted molar refractivity (Wildman–Crippen MR) is 112 cm³/mol. The number of hydrogen-bond acceptors (Lipinski definition) is 5. The zero-order chi connectivity index (χ0) is 18.1. The van der Waals surface area contributed by atoms with Crippen LogP contribution in [0.3, 0.4) is 0 Å². The second-order valence-electron chi connectivity index (χ2n) is 5.86. The number of aliphatic imine (C=N–C) groups is 1.